The summed E-state index contributed by atoms with van der Waals surface area (Å²) in [6.07, 6.45) is 1.08. The maximum atomic E-state index is 12.3. The van der Waals surface area contributed by atoms with Gasteiger partial charge in [-0.3, -0.25) is 4.68 Å². The first-order chi connectivity index (χ1) is 13.0. The molecule has 0 aliphatic carbocycles. The van der Waals surface area contributed by atoms with Crippen LogP contribution in [0.1, 0.15) is 6.92 Å². The molecule has 0 spiro atoms. The van der Waals surface area contributed by atoms with E-state index >= 15 is 0 Å². The number of aryl methyl sites for hydroxylation is 2. The number of hydrogen-bond acceptors (Lipinski definition) is 8. The van der Waals surface area contributed by atoms with Gasteiger partial charge in [-0.2, -0.15) is 10.1 Å². The van der Waals surface area contributed by atoms with Gasteiger partial charge in [0, 0.05) is 26.9 Å². The van der Waals surface area contributed by atoms with Crippen molar-refractivity contribution in [2.75, 3.05) is 37.5 Å². The molecule has 1 N–H and O–H groups in total. The van der Waals surface area contributed by atoms with Crippen molar-refractivity contribution in [2.45, 2.75) is 17.7 Å². The fourth-order valence-corrected chi connectivity index (χ4v) is 4.81. The molecule has 0 saturated carbocycles. The normalized spacial score (nSPS) is 21.6. The minimum atomic E-state index is -3.64. The van der Waals surface area contributed by atoms with E-state index < -0.39 is 15.4 Å². The molecule has 1 fully saturated rings. The number of β-amino-alcohol motifs (C(OH)–C–C–N with tert-alkyl or cyclic N) is 1. The predicted octanol–water partition coefficient (Wildman–Crippen LogP) is 0.609. The Hall–Kier alpha value is -1.76. The number of nitrogens with zero attached hydrogens (tertiary/aromatic N) is 6. The van der Waals surface area contributed by atoms with E-state index in [2.05, 4.69) is 31.0 Å². The predicted molar refractivity (Wildman–Crippen MR) is 107 cm³/mol. The first-order valence-electron chi connectivity index (χ1n) is 8.63. The van der Waals surface area contributed by atoms with E-state index in [1.54, 1.807) is 16.2 Å². The Balaban J connectivity index is 2.10. The number of aromatic nitrogens is 5. The molecule has 3 aromatic heterocycles. The lowest BCUT2D eigenvalue weighted by atomic mass is 10.1. The van der Waals surface area contributed by atoms with Gasteiger partial charge >= 0.3 is 0 Å². The van der Waals surface area contributed by atoms with Crippen molar-refractivity contribution < 1.29 is 18.3 Å². The fraction of sp³-hybridized carbons (Fsp3) is 0.562. The zero-order valence-electron chi connectivity index (χ0n) is 16.0. The maximum absolute atomic E-state index is 12.3. The number of fused-ring (bicyclic) bond motifs is 3. The monoisotopic (exact) mass is 472 g/mol. The summed E-state index contributed by atoms with van der Waals surface area (Å²) in [6.45, 7) is 2.97. The van der Waals surface area contributed by atoms with Crippen LogP contribution < -0.4 is 4.90 Å². The van der Waals surface area contributed by atoms with E-state index in [4.69, 9.17) is 4.74 Å². The van der Waals surface area contributed by atoms with Crippen molar-refractivity contribution in [2.24, 2.45) is 14.1 Å². The summed E-state index contributed by atoms with van der Waals surface area (Å²) in [6, 6.07) is 0. The third-order valence-electron chi connectivity index (χ3n) is 4.80. The summed E-state index contributed by atoms with van der Waals surface area (Å²) in [7, 11) is -0.0258. The molecule has 28 heavy (non-hydrogen) atoms. The molecule has 4 heterocycles. The highest BCUT2D eigenvalue weighted by Gasteiger charge is 2.32. The van der Waals surface area contributed by atoms with Crippen LogP contribution in [0, 0.1) is 0 Å². The van der Waals surface area contributed by atoms with Crippen LogP contribution in [0.5, 0.6) is 0 Å². The van der Waals surface area contributed by atoms with E-state index in [1.165, 1.54) is 0 Å². The first kappa shape index (κ1) is 19.6. The van der Waals surface area contributed by atoms with E-state index in [0.717, 1.165) is 17.3 Å². The summed E-state index contributed by atoms with van der Waals surface area (Å²) < 4.78 is 34.1. The Morgan fingerprint density at radius 3 is 2.64 bits per heavy atom. The van der Waals surface area contributed by atoms with Gasteiger partial charge in [-0.05, 0) is 22.9 Å². The van der Waals surface area contributed by atoms with Gasteiger partial charge in [0.15, 0.2) is 4.60 Å². The second-order valence-corrected chi connectivity index (χ2v) is 10.1. The van der Waals surface area contributed by atoms with E-state index in [9.17, 15) is 13.5 Å². The lowest BCUT2D eigenvalue weighted by Crippen LogP contribution is -2.42. The Morgan fingerprint density at radius 2 is 1.96 bits per heavy atom. The standard InChI is InChI=1S/C16H21BrN6O4S/c1-16(24)7-23(5-6-27-8-16)14-9-10-11(12(17)20-22(10)3)21(2)13(9)18-15(19-14)28(4,25)26/h24H,5-8H2,1-4H3/t16-/m0/s1. The van der Waals surface area contributed by atoms with Crippen molar-refractivity contribution in [3.05, 3.63) is 4.60 Å². The highest BCUT2D eigenvalue weighted by atomic mass is 79.9. The van der Waals surface area contributed by atoms with Gasteiger partial charge in [-0.1, -0.05) is 0 Å². The molecule has 1 atom stereocenters. The van der Waals surface area contributed by atoms with E-state index in [-0.39, 0.29) is 18.3 Å². The molecule has 1 aliphatic heterocycles. The van der Waals surface area contributed by atoms with Gasteiger partial charge in [-0.25, -0.2) is 13.4 Å². The number of aliphatic hydroxyl groups is 1. The van der Waals surface area contributed by atoms with Crippen LogP contribution >= 0.6 is 15.9 Å². The van der Waals surface area contributed by atoms with Crippen LogP contribution in [0.3, 0.4) is 0 Å². The Kier molecular flexibility index (Phi) is 4.45. The topological polar surface area (TPSA) is 115 Å². The summed E-state index contributed by atoms with van der Waals surface area (Å²) in [5.74, 6) is 0.442. The molecule has 0 radical (unpaired) electrons. The Bertz CT molecular complexity index is 1200. The summed E-state index contributed by atoms with van der Waals surface area (Å²) in [5.41, 5.74) is 0.958. The molecule has 0 bridgehead atoms. The lowest BCUT2D eigenvalue weighted by molar-refractivity contribution is -0.0123. The molecule has 10 nitrogen and oxygen atoms in total. The molecule has 1 aliphatic rings. The molecular weight excluding hydrogens is 452 g/mol. The van der Waals surface area contributed by atoms with Gasteiger partial charge in [0.1, 0.15) is 28.1 Å². The van der Waals surface area contributed by atoms with Gasteiger partial charge in [-0.15, -0.1) is 0 Å². The highest BCUT2D eigenvalue weighted by Crippen LogP contribution is 2.37. The number of anilines is 1. The van der Waals surface area contributed by atoms with Gasteiger partial charge in [0.2, 0.25) is 9.84 Å². The van der Waals surface area contributed by atoms with Gasteiger partial charge in [0.05, 0.1) is 25.1 Å². The smallest absolute Gasteiger partial charge is 0.250 e. The summed E-state index contributed by atoms with van der Waals surface area (Å²) in [5, 5.41) is 15.4. The third kappa shape index (κ3) is 3.08. The Morgan fingerprint density at radius 1 is 1.25 bits per heavy atom. The first-order valence-corrected chi connectivity index (χ1v) is 11.3. The highest BCUT2D eigenvalue weighted by molar-refractivity contribution is 9.10. The van der Waals surface area contributed by atoms with E-state index in [0.29, 0.717) is 34.6 Å². The van der Waals surface area contributed by atoms with Crippen molar-refractivity contribution in [3.8, 4) is 0 Å². The SMILES string of the molecule is Cn1nc(Br)c2c1c1c(N3CCOC[C@@](C)(O)C3)nc(S(C)(=O)=O)nc1n2C. The van der Waals surface area contributed by atoms with Gasteiger partial charge in [0.25, 0.3) is 5.16 Å². The summed E-state index contributed by atoms with van der Waals surface area (Å²) in [4.78, 5) is 10.6. The molecule has 3 aromatic rings. The zero-order chi connectivity index (χ0) is 20.4. The number of ether oxygens (including phenoxy) is 1. The molecule has 1 saturated heterocycles. The minimum Gasteiger partial charge on any atom is -0.386 e. The van der Waals surface area contributed by atoms with Crippen LogP contribution in [-0.4, -0.2) is 76.0 Å². The molecular formula is C16H21BrN6O4S. The van der Waals surface area contributed by atoms with Crippen molar-refractivity contribution in [1.82, 2.24) is 24.3 Å². The second-order valence-electron chi connectivity index (χ2n) is 7.44. The lowest BCUT2D eigenvalue weighted by Gasteiger charge is -2.28. The number of rotatable bonds is 2. The number of hydrogen-bond donors (Lipinski definition) is 1. The molecule has 0 aromatic carbocycles. The van der Waals surface area contributed by atoms with Crippen molar-refractivity contribution in [3.63, 3.8) is 0 Å². The van der Waals surface area contributed by atoms with E-state index in [1.807, 2.05) is 19.0 Å². The van der Waals surface area contributed by atoms with Crippen molar-refractivity contribution in [1.29, 1.82) is 0 Å². The van der Waals surface area contributed by atoms with Crippen LogP contribution in [0.15, 0.2) is 9.76 Å². The Labute approximate surface area is 170 Å². The molecule has 0 amide bonds. The molecule has 4 rings (SSSR count). The van der Waals surface area contributed by atoms with Crippen LogP contribution in [0.2, 0.25) is 0 Å². The van der Waals surface area contributed by atoms with Crippen molar-refractivity contribution >= 4 is 53.7 Å². The van der Waals surface area contributed by atoms with Crippen LogP contribution in [0.4, 0.5) is 5.82 Å². The molecule has 0 unspecified atom stereocenters. The molecule has 12 heteroatoms. The van der Waals surface area contributed by atoms with Gasteiger partial charge < -0.3 is 19.3 Å². The fourth-order valence-electron chi connectivity index (χ4n) is 3.61. The number of halogens is 1. The third-order valence-corrected chi connectivity index (χ3v) is 6.18. The largest absolute Gasteiger partial charge is 0.386 e. The average Bonchev–Trinajstić information content (AvgIpc) is 2.96. The van der Waals surface area contributed by atoms with Crippen LogP contribution in [-0.2, 0) is 28.7 Å². The average molecular weight is 473 g/mol. The summed E-state index contributed by atoms with van der Waals surface area (Å²) >= 11 is 3.46. The van der Waals surface area contributed by atoms with Crippen LogP contribution in [0.25, 0.3) is 22.1 Å². The maximum Gasteiger partial charge on any atom is 0.250 e. The molecule has 152 valence electrons. The second kappa shape index (κ2) is 6.37. The minimum absolute atomic E-state index is 0.193. The quantitative estimate of drug-likeness (QED) is 0.539. The number of sulfone groups is 1. The zero-order valence-corrected chi connectivity index (χ0v) is 18.4.